The van der Waals surface area contributed by atoms with Gasteiger partial charge in [0.15, 0.2) is 18.1 Å². The largest absolute Gasteiger partial charge is 0.493 e. The van der Waals surface area contributed by atoms with Crippen LogP contribution in [-0.4, -0.2) is 32.7 Å². The molecule has 1 aliphatic rings. The van der Waals surface area contributed by atoms with Crippen molar-refractivity contribution in [1.29, 1.82) is 0 Å². The molecule has 0 aromatic heterocycles. The molecule has 0 heterocycles. The van der Waals surface area contributed by atoms with Crippen molar-refractivity contribution < 1.29 is 23.8 Å². The first-order valence-electron chi connectivity index (χ1n) is 9.34. The molecule has 0 radical (unpaired) electrons. The van der Waals surface area contributed by atoms with Crippen LogP contribution in [0.5, 0.6) is 11.5 Å². The second-order valence-electron chi connectivity index (χ2n) is 6.74. The lowest BCUT2D eigenvalue weighted by Crippen LogP contribution is -2.34. The van der Waals surface area contributed by atoms with Gasteiger partial charge in [0.1, 0.15) is 0 Å². The van der Waals surface area contributed by atoms with Crippen molar-refractivity contribution in [1.82, 2.24) is 5.32 Å². The Kier molecular flexibility index (Phi) is 6.53. The Morgan fingerprint density at radius 1 is 1.07 bits per heavy atom. The minimum Gasteiger partial charge on any atom is -0.493 e. The summed E-state index contributed by atoms with van der Waals surface area (Å²) < 4.78 is 15.6. The number of benzene rings is 2. The number of carbonyl (C=O) groups is 2. The predicted molar refractivity (Wildman–Crippen MR) is 104 cm³/mol. The number of hydrogen-bond donors (Lipinski definition) is 1. The van der Waals surface area contributed by atoms with Crippen LogP contribution in [0.3, 0.4) is 0 Å². The van der Waals surface area contributed by atoms with E-state index in [1.54, 1.807) is 25.3 Å². The zero-order valence-corrected chi connectivity index (χ0v) is 16.2. The van der Waals surface area contributed by atoms with Crippen LogP contribution < -0.4 is 14.8 Å². The third-order valence-corrected chi connectivity index (χ3v) is 4.87. The summed E-state index contributed by atoms with van der Waals surface area (Å²) in [5.74, 6) is 0.377. The van der Waals surface area contributed by atoms with Crippen LogP contribution in [0.25, 0.3) is 0 Å². The van der Waals surface area contributed by atoms with Gasteiger partial charge in [0.25, 0.3) is 5.91 Å². The Hall–Kier alpha value is -3.02. The number of fused-ring (bicyclic) bond motifs is 1. The van der Waals surface area contributed by atoms with Crippen LogP contribution in [0, 0.1) is 0 Å². The van der Waals surface area contributed by atoms with E-state index < -0.39 is 5.97 Å². The Balaban J connectivity index is 1.50. The fraction of sp³-hybridized carbons (Fsp3) is 0.364. The van der Waals surface area contributed by atoms with E-state index in [0.717, 1.165) is 30.4 Å². The first-order chi connectivity index (χ1) is 13.6. The van der Waals surface area contributed by atoms with E-state index in [9.17, 15) is 9.59 Å². The molecule has 0 bridgehead atoms. The minimum absolute atomic E-state index is 0.0259. The van der Waals surface area contributed by atoms with E-state index in [0.29, 0.717) is 11.5 Å². The molecule has 1 N–H and O–H groups in total. The SMILES string of the molecule is COc1ccc(CC(=O)OCC(=O)NC2CCCc3ccccc32)cc1OC. The minimum atomic E-state index is -0.466. The van der Waals surface area contributed by atoms with Crippen molar-refractivity contribution in [3.63, 3.8) is 0 Å². The first kappa shape index (κ1) is 19.7. The summed E-state index contributed by atoms with van der Waals surface area (Å²) in [6, 6.07) is 13.3. The summed E-state index contributed by atoms with van der Waals surface area (Å²) in [6.45, 7) is -0.287. The van der Waals surface area contributed by atoms with Crippen LogP contribution >= 0.6 is 0 Å². The molecule has 2 aromatic carbocycles. The molecular weight excluding hydrogens is 358 g/mol. The van der Waals surface area contributed by atoms with Gasteiger partial charge >= 0.3 is 5.97 Å². The van der Waals surface area contributed by atoms with Crippen molar-refractivity contribution in [3.05, 3.63) is 59.2 Å². The van der Waals surface area contributed by atoms with E-state index in [1.807, 2.05) is 18.2 Å². The van der Waals surface area contributed by atoms with Gasteiger partial charge in [0, 0.05) is 0 Å². The summed E-state index contributed by atoms with van der Waals surface area (Å²) >= 11 is 0. The third kappa shape index (κ3) is 4.82. The van der Waals surface area contributed by atoms with Crippen molar-refractivity contribution in [3.8, 4) is 11.5 Å². The van der Waals surface area contributed by atoms with Gasteiger partial charge < -0.3 is 19.5 Å². The zero-order valence-electron chi connectivity index (χ0n) is 16.2. The van der Waals surface area contributed by atoms with Crippen molar-refractivity contribution in [2.75, 3.05) is 20.8 Å². The Morgan fingerprint density at radius 2 is 1.86 bits per heavy atom. The highest BCUT2D eigenvalue weighted by Crippen LogP contribution is 2.29. The lowest BCUT2D eigenvalue weighted by Gasteiger charge is -2.26. The Bertz CT molecular complexity index is 849. The summed E-state index contributed by atoms with van der Waals surface area (Å²) in [6.07, 6.45) is 3.01. The molecule has 3 rings (SSSR count). The van der Waals surface area contributed by atoms with Gasteiger partial charge in [-0.25, -0.2) is 0 Å². The lowest BCUT2D eigenvalue weighted by molar-refractivity contribution is -0.148. The van der Waals surface area contributed by atoms with Gasteiger partial charge in [-0.05, 0) is 48.1 Å². The predicted octanol–water partition coefficient (Wildman–Crippen LogP) is 2.98. The topological polar surface area (TPSA) is 73.9 Å². The number of rotatable bonds is 7. The normalized spacial score (nSPS) is 15.3. The third-order valence-electron chi connectivity index (χ3n) is 4.87. The van der Waals surface area contributed by atoms with Crippen LogP contribution in [0.1, 0.15) is 35.6 Å². The smallest absolute Gasteiger partial charge is 0.310 e. The molecule has 28 heavy (non-hydrogen) atoms. The highest BCUT2D eigenvalue weighted by molar-refractivity contribution is 5.81. The molecule has 0 fully saturated rings. The summed E-state index contributed by atoms with van der Waals surface area (Å²) in [7, 11) is 3.09. The Labute approximate surface area is 164 Å². The van der Waals surface area contributed by atoms with Crippen molar-refractivity contribution in [2.45, 2.75) is 31.7 Å². The molecule has 1 amide bonds. The molecule has 1 aliphatic carbocycles. The number of hydrogen-bond acceptors (Lipinski definition) is 5. The molecule has 0 saturated carbocycles. The highest BCUT2D eigenvalue weighted by atomic mass is 16.5. The average molecular weight is 383 g/mol. The maximum atomic E-state index is 12.2. The molecule has 2 aromatic rings. The molecule has 1 unspecified atom stereocenters. The maximum absolute atomic E-state index is 12.2. The molecule has 6 heteroatoms. The van der Waals surface area contributed by atoms with Crippen LogP contribution in [0.15, 0.2) is 42.5 Å². The van der Waals surface area contributed by atoms with Gasteiger partial charge in [-0.3, -0.25) is 9.59 Å². The molecular formula is C22H25NO5. The van der Waals surface area contributed by atoms with Gasteiger partial charge in [-0.1, -0.05) is 30.3 Å². The fourth-order valence-corrected chi connectivity index (χ4v) is 3.49. The van der Waals surface area contributed by atoms with E-state index in [-0.39, 0.29) is 25.0 Å². The van der Waals surface area contributed by atoms with Crippen LogP contribution in [-0.2, 0) is 27.2 Å². The number of carbonyl (C=O) groups excluding carboxylic acids is 2. The van der Waals surface area contributed by atoms with Gasteiger partial charge in [0.05, 0.1) is 26.7 Å². The lowest BCUT2D eigenvalue weighted by atomic mass is 9.88. The molecule has 148 valence electrons. The maximum Gasteiger partial charge on any atom is 0.310 e. The van der Waals surface area contributed by atoms with Crippen molar-refractivity contribution in [2.24, 2.45) is 0 Å². The number of methoxy groups -OCH3 is 2. The van der Waals surface area contributed by atoms with Gasteiger partial charge in [-0.15, -0.1) is 0 Å². The molecule has 0 aliphatic heterocycles. The summed E-state index contributed by atoms with van der Waals surface area (Å²) in [5, 5.41) is 2.97. The molecule has 0 saturated heterocycles. The van der Waals surface area contributed by atoms with E-state index >= 15 is 0 Å². The van der Waals surface area contributed by atoms with Crippen LogP contribution in [0.2, 0.25) is 0 Å². The average Bonchev–Trinajstić information content (AvgIpc) is 2.72. The summed E-state index contributed by atoms with van der Waals surface area (Å²) in [4.78, 5) is 24.3. The van der Waals surface area contributed by atoms with E-state index in [1.165, 1.54) is 12.7 Å². The number of aryl methyl sites for hydroxylation is 1. The van der Waals surface area contributed by atoms with Gasteiger partial charge in [-0.2, -0.15) is 0 Å². The fourth-order valence-electron chi connectivity index (χ4n) is 3.49. The van der Waals surface area contributed by atoms with Crippen molar-refractivity contribution >= 4 is 11.9 Å². The Morgan fingerprint density at radius 3 is 2.64 bits per heavy atom. The molecule has 0 spiro atoms. The number of ether oxygens (including phenoxy) is 3. The van der Waals surface area contributed by atoms with E-state index in [2.05, 4.69) is 11.4 Å². The first-order valence-corrected chi connectivity index (χ1v) is 9.34. The van der Waals surface area contributed by atoms with Gasteiger partial charge in [0.2, 0.25) is 0 Å². The van der Waals surface area contributed by atoms with Crippen LogP contribution in [0.4, 0.5) is 0 Å². The second kappa shape index (κ2) is 9.26. The number of esters is 1. The highest BCUT2D eigenvalue weighted by Gasteiger charge is 2.21. The quantitative estimate of drug-likeness (QED) is 0.744. The number of nitrogens with one attached hydrogen (secondary N) is 1. The molecule has 1 atom stereocenters. The zero-order chi connectivity index (χ0) is 19.9. The monoisotopic (exact) mass is 383 g/mol. The standard InChI is InChI=1S/C22H25NO5/c1-26-19-11-10-15(12-20(19)27-2)13-22(25)28-14-21(24)23-18-9-5-7-16-6-3-4-8-17(16)18/h3-4,6,8,10-12,18H,5,7,9,13-14H2,1-2H3,(H,23,24). The van der Waals surface area contributed by atoms with E-state index in [4.69, 9.17) is 14.2 Å². The second-order valence-corrected chi connectivity index (χ2v) is 6.74. The summed E-state index contributed by atoms with van der Waals surface area (Å²) in [5.41, 5.74) is 3.15. The molecule has 6 nitrogen and oxygen atoms in total. The number of amides is 1.